The number of piperidine rings is 1. The summed E-state index contributed by atoms with van der Waals surface area (Å²) in [7, 11) is 1.78. The number of hydrogen-bond donors (Lipinski definition) is 2. The molecule has 254 valence electrons. The molecule has 4 aromatic rings. The minimum Gasteiger partial charge on any atom is -0.479 e. The molecule has 16 heteroatoms. The number of sulfonamides is 1. The first-order valence-corrected chi connectivity index (χ1v) is 18.5. The van der Waals surface area contributed by atoms with Crippen molar-refractivity contribution in [3.8, 4) is 5.88 Å². The number of ether oxygens (including phenoxy) is 1. The van der Waals surface area contributed by atoms with Gasteiger partial charge >= 0.3 is 0 Å². The summed E-state index contributed by atoms with van der Waals surface area (Å²) in [5.41, 5.74) is 2.60. The van der Waals surface area contributed by atoms with Crippen molar-refractivity contribution in [2.45, 2.75) is 37.0 Å². The zero-order valence-corrected chi connectivity index (χ0v) is 29.7. The molecule has 0 radical (unpaired) electrons. The Morgan fingerprint density at radius 1 is 0.896 bits per heavy atom. The first-order chi connectivity index (χ1) is 23.2. The Morgan fingerprint density at radius 2 is 1.62 bits per heavy atom. The fourth-order valence-electron chi connectivity index (χ4n) is 6.43. The standard InChI is InChI=1S/C32H40BrN11O3S/c1-41-16-18-43(19-17-41)21-10-14-44(15-11-21)27-9-8-26(31(39-27)47-3)38-32-36-20-23(33)30(40-32)37-25-7-6-24-28(35-13-12-34-24)29(25)42(2)48(45,46)22-4-5-22/h6-9,12-13,20-22H,4-5,10-11,14-19H2,1-3H3,(H2,36,37,38,40). The van der Waals surface area contributed by atoms with Crippen LogP contribution in [0.25, 0.3) is 11.0 Å². The van der Waals surface area contributed by atoms with E-state index in [2.05, 4.69) is 63.3 Å². The van der Waals surface area contributed by atoms with E-state index in [0.29, 0.717) is 69.1 Å². The summed E-state index contributed by atoms with van der Waals surface area (Å²) >= 11 is 3.55. The van der Waals surface area contributed by atoms with Gasteiger partial charge in [0.2, 0.25) is 21.9 Å². The molecule has 2 N–H and O–H groups in total. The molecule has 2 aliphatic heterocycles. The van der Waals surface area contributed by atoms with Crippen LogP contribution in [0.2, 0.25) is 0 Å². The Kier molecular flexibility index (Phi) is 9.24. The molecule has 1 saturated carbocycles. The molecule has 0 bridgehead atoms. The van der Waals surface area contributed by atoms with Crippen LogP contribution in [0.5, 0.6) is 5.88 Å². The van der Waals surface area contributed by atoms with Crippen LogP contribution < -0.4 is 24.6 Å². The van der Waals surface area contributed by atoms with Gasteiger partial charge in [0.05, 0.1) is 28.0 Å². The quantitative estimate of drug-likeness (QED) is 0.240. The van der Waals surface area contributed by atoms with E-state index in [4.69, 9.17) is 14.7 Å². The molecule has 0 spiro atoms. The van der Waals surface area contributed by atoms with Crippen LogP contribution in [0, 0.1) is 0 Å². The number of hydrogen-bond acceptors (Lipinski definition) is 13. The number of halogens is 1. The maximum Gasteiger partial charge on any atom is 0.239 e. The smallest absolute Gasteiger partial charge is 0.239 e. The number of nitrogens with one attached hydrogen (secondary N) is 2. The molecule has 0 atom stereocenters. The number of likely N-dealkylation sites (N-methyl/N-ethyl adjacent to an activating group) is 1. The average molecular weight is 739 g/mol. The molecular formula is C32H40BrN11O3S. The molecule has 0 unspecified atom stereocenters. The molecule has 3 fully saturated rings. The lowest BCUT2D eigenvalue weighted by molar-refractivity contribution is 0.0981. The van der Waals surface area contributed by atoms with Gasteiger partial charge in [-0.2, -0.15) is 9.97 Å². The van der Waals surface area contributed by atoms with Crippen molar-refractivity contribution < 1.29 is 13.2 Å². The number of nitrogens with zero attached hydrogens (tertiary/aromatic N) is 9. The molecule has 1 aromatic carbocycles. The summed E-state index contributed by atoms with van der Waals surface area (Å²) in [4.78, 5) is 30.2. The fraction of sp³-hybridized carbons (Fsp3) is 0.469. The third-order valence-electron chi connectivity index (χ3n) is 9.38. The fourth-order valence-corrected chi connectivity index (χ4v) is 8.33. The lowest BCUT2D eigenvalue weighted by Crippen LogP contribution is -2.52. The number of methoxy groups -OCH3 is 1. The molecule has 1 aliphatic carbocycles. The first-order valence-electron chi connectivity index (χ1n) is 16.2. The van der Waals surface area contributed by atoms with Crippen LogP contribution in [-0.4, -0.2) is 115 Å². The van der Waals surface area contributed by atoms with Gasteiger partial charge < -0.3 is 25.2 Å². The van der Waals surface area contributed by atoms with E-state index in [1.54, 1.807) is 44.9 Å². The number of anilines is 6. The zero-order chi connectivity index (χ0) is 33.4. The van der Waals surface area contributed by atoms with Crippen molar-refractivity contribution in [1.82, 2.24) is 34.7 Å². The number of fused-ring (bicyclic) bond motifs is 1. The molecule has 2 saturated heterocycles. The minimum atomic E-state index is -3.57. The third kappa shape index (κ3) is 6.70. The summed E-state index contributed by atoms with van der Waals surface area (Å²) in [5, 5.41) is 6.16. The maximum atomic E-state index is 13.3. The van der Waals surface area contributed by atoms with Crippen LogP contribution in [0.4, 0.5) is 34.6 Å². The van der Waals surface area contributed by atoms with Crippen LogP contribution >= 0.6 is 15.9 Å². The second-order valence-electron chi connectivity index (χ2n) is 12.5. The van der Waals surface area contributed by atoms with E-state index in [0.717, 1.165) is 57.9 Å². The van der Waals surface area contributed by atoms with Crippen molar-refractivity contribution in [3.63, 3.8) is 0 Å². The van der Waals surface area contributed by atoms with Gasteiger partial charge in [-0.05, 0) is 72.9 Å². The highest BCUT2D eigenvalue weighted by Gasteiger charge is 2.40. The summed E-state index contributed by atoms with van der Waals surface area (Å²) < 4.78 is 34.2. The summed E-state index contributed by atoms with van der Waals surface area (Å²) in [5.74, 6) is 2.06. The van der Waals surface area contributed by atoms with Crippen molar-refractivity contribution in [1.29, 1.82) is 0 Å². The Balaban J connectivity index is 1.09. The Bertz CT molecular complexity index is 1900. The highest BCUT2D eigenvalue weighted by Crippen LogP contribution is 2.40. The molecule has 3 aliphatic rings. The van der Waals surface area contributed by atoms with Crippen molar-refractivity contribution in [2.75, 3.05) is 80.3 Å². The highest BCUT2D eigenvalue weighted by atomic mass is 79.9. The molecular weight excluding hydrogens is 698 g/mol. The molecule has 5 heterocycles. The van der Waals surface area contributed by atoms with Crippen LogP contribution in [-0.2, 0) is 10.0 Å². The third-order valence-corrected chi connectivity index (χ3v) is 12.2. The Hall–Kier alpha value is -3.86. The number of aromatic nitrogens is 5. The van der Waals surface area contributed by atoms with E-state index >= 15 is 0 Å². The average Bonchev–Trinajstić information content (AvgIpc) is 3.97. The Morgan fingerprint density at radius 3 is 2.35 bits per heavy atom. The lowest BCUT2D eigenvalue weighted by Gasteiger charge is -2.42. The summed E-state index contributed by atoms with van der Waals surface area (Å²) in [6, 6.07) is 8.14. The van der Waals surface area contributed by atoms with Gasteiger partial charge in [-0.3, -0.25) is 19.2 Å². The largest absolute Gasteiger partial charge is 0.479 e. The topological polar surface area (TPSA) is 145 Å². The van der Waals surface area contributed by atoms with Gasteiger partial charge in [-0.25, -0.2) is 13.4 Å². The maximum absolute atomic E-state index is 13.3. The van der Waals surface area contributed by atoms with Crippen LogP contribution in [0.3, 0.4) is 0 Å². The number of rotatable bonds is 10. The van der Waals surface area contributed by atoms with E-state index in [1.165, 1.54) is 4.31 Å². The molecule has 0 amide bonds. The molecule has 48 heavy (non-hydrogen) atoms. The summed E-state index contributed by atoms with van der Waals surface area (Å²) in [6.07, 6.45) is 8.29. The van der Waals surface area contributed by atoms with Gasteiger partial charge in [0, 0.05) is 70.9 Å². The van der Waals surface area contributed by atoms with Crippen molar-refractivity contribution >= 4 is 71.6 Å². The van der Waals surface area contributed by atoms with Crippen molar-refractivity contribution in [3.05, 3.63) is 47.3 Å². The Labute approximate surface area is 289 Å². The van der Waals surface area contributed by atoms with Gasteiger partial charge in [-0.1, -0.05) is 0 Å². The lowest BCUT2D eigenvalue weighted by atomic mass is 10.0. The molecule has 7 rings (SSSR count). The number of benzene rings is 1. The van der Waals surface area contributed by atoms with Crippen LogP contribution in [0.1, 0.15) is 25.7 Å². The second kappa shape index (κ2) is 13.6. The van der Waals surface area contributed by atoms with Gasteiger partial charge in [0.1, 0.15) is 28.5 Å². The second-order valence-corrected chi connectivity index (χ2v) is 15.6. The predicted octanol–water partition coefficient (Wildman–Crippen LogP) is 4.22. The van der Waals surface area contributed by atoms with Gasteiger partial charge in [-0.15, -0.1) is 0 Å². The van der Waals surface area contributed by atoms with E-state index < -0.39 is 15.3 Å². The van der Waals surface area contributed by atoms with E-state index in [1.807, 2.05) is 12.1 Å². The SMILES string of the molecule is COc1nc(N2CCC(N3CCN(C)CC3)CC2)ccc1Nc1ncc(Br)c(Nc2ccc3nccnc3c2N(C)S(=O)(=O)C2CC2)n1. The monoisotopic (exact) mass is 737 g/mol. The van der Waals surface area contributed by atoms with Crippen LogP contribution in [0.15, 0.2) is 47.3 Å². The summed E-state index contributed by atoms with van der Waals surface area (Å²) in [6.45, 7) is 6.44. The number of piperazine rings is 1. The van der Waals surface area contributed by atoms with E-state index in [9.17, 15) is 8.42 Å². The normalized spacial score (nSPS) is 18.2. The predicted molar refractivity (Wildman–Crippen MR) is 191 cm³/mol. The highest BCUT2D eigenvalue weighted by molar-refractivity contribution is 9.10. The molecule has 14 nitrogen and oxygen atoms in total. The van der Waals surface area contributed by atoms with E-state index in [-0.39, 0.29) is 0 Å². The first kappa shape index (κ1) is 32.7. The van der Waals surface area contributed by atoms with Gasteiger partial charge in [0.25, 0.3) is 0 Å². The van der Waals surface area contributed by atoms with Gasteiger partial charge in [0.15, 0.2) is 0 Å². The van der Waals surface area contributed by atoms with Crippen molar-refractivity contribution in [2.24, 2.45) is 0 Å². The number of pyridine rings is 1. The molecule has 3 aromatic heterocycles. The minimum absolute atomic E-state index is 0.308. The zero-order valence-electron chi connectivity index (χ0n) is 27.3.